The second kappa shape index (κ2) is 7.32. The van der Waals surface area contributed by atoms with Crippen LogP contribution in [0, 0.1) is 0 Å². The van der Waals surface area contributed by atoms with Crippen molar-refractivity contribution in [2.75, 3.05) is 5.43 Å². The highest BCUT2D eigenvalue weighted by molar-refractivity contribution is 5.68. The fourth-order valence-corrected chi connectivity index (χ4v) is 2.23. The van der Waals surface area contributed by atoms with Gasteiger partial charge < -0.3 is 0 Å². The van der Waals surface area contributed by atoms with E-state index in [9.17, 15) is 4.79 Å². The van der Waals surface area contributed by atoms with Gasteiger partial charge in [-0.15, -0.1) is 10.2 Å². The first-order valence-corrected chi connectivity index (χ1v) is 7.60. The highest BCUT2D eigenvalue weighted by Crippen LogP contribution is 2.12. The number of aromatic amines is 1. The normalized spacial score (nSPS) is 12.2. The largest absolute Gasteiger partial charge is 0.288 e. The van der Waals surface area contributed by atoms with Crippen LogP contribution >= 0.6 is 0 Å². The topological polar surface area (TPSA) is 83.0 Å². The van der Waals surface area contributed by atoms with Gasteiger partial charge in [-0.05, 0) is 5.56 Å². The Morgan fingerprint density at radius 2 is 1.71 bits per heavy atom. The molecule has 0 aliphatic rings. The first kappa shape index (κ1) is 15.6. The van der Waals surface area contributed by atoms with Gasteiger partial charge in [-0.25, -0.2) is 5.43 Å². The van der Waals surface area contributed by atoms with Gasteiger partial charge in [-0.1, -0.05) is 67.6 Å². The summed E-state index contributed by atoms with van der Waals surface area (Å²) >= 11 is 0. The summed E-state index contributed by atoms with van der Waals surface area (Å²) in [5.41, 5.74) is 4.55. The van der Waals surface area contributed by atoms with E-state index >= 15 is 0 Å². The lowest BCUT2D eigenvalue weighted by Crippen LogP contribution is -2.15. The Balaban J connectivity index is 1.69. The van der Waals surface area contributed by atoms with Crippen LogP contribution in [0.5, 0.6) is 0 Å². The molecule has 0 radical (unpaired) electrons. The van der Waals surface area contributed by atoms with Gasteiger partial charge in [0.2, 0.25) is 5.95 Å². The lowest BCUT2D eigenvalue weighted by atomic mass is 10.0. The summed E-state index contributed by atoms with van der Waals surface area (Å²) in [6, 6.07) is 19.2. The monoisotopic (exact) mass is 319 g/mol. The van der Waals surface area contributed by atoms with Crippen LogP contribution in [0.3, 0.4) is 0 Å². The number of hydrogen-bond acceptors (Lipinski definition) is 5. The molecule has 0 bridgehead atoms. The molecule has 0 saturated heterocycles. The predicted octanol–water partition coefficient (Wildman–Crippen LogP) is 3.03. The molecule has 1 atom stereocenters. The number of nitrogens with zero attached hydrogens (tertiary/aromatic N) is 3. The fraction of sp³-hybridized carbons (Fsp3) is 0.111. The third kappa shape index (κ3) is 3.73. The standard InChI is InChI=1S/C18H17N5O/c1-13(14-8-4-2-5-9-14)12-19-22-18-20-17(24)16(21-23-18)15-10-6-3-7-11-15/h2-13H,1H3,(H2,20,22,23,24)/b19-12-/t13-/m1/s1. The van der Waals surface area contributed by atoms with Gasteiger partial charge in [0.1, 0.15) is 0 Å². The molecule has 0 amide bonds. The molecule has 6 heteroatoms. The van der Waals surface area contributed by atoms with E-state index in [1.165, 1.54) is 0 Å². The van der Waals surface area contributed by atoms with Crippen molar-refractivity contribution >= 4 is 12.2 Å². The summed E-state index contributed by atoms with van der Waals surface area (Å²) in [6.07, 6.45) is 1.75. The van der Waals surface area contributed by atoms with Crippen LogP contribution in [-0.4, -0.2) is 21.4 Å². The molecule has 24 heavy (non-hydrogen) atoms. The number of nitrogens with one attached hydrogen (secondary N) is 2. The Morgan fingerprint density at radius 1 is 1.04 bits per heavy atom. The Morgan fingerprint density at radius 3 is 2.38 bits per heavy atom. The van der Waals surface area contributed by atoms with Crippen LogP contribution < -0.4 is 11.0 Å². The van der Waals surface area contributed by atoms with E-state index in [-0.39, 0.29) is 23.1 Å². The smallest absolute Gasteiger partial charge is 0.279 e. The van der Waals surface area contributed by atoms with E-state index < -0.39 is 0 Å². The van der Waals surface area contributed by atoms with Gasteiger partial charge in [-0.3, -0.25) is 9.78 Å². The molecule has 0 saturated carbocycles. The number of hydrogen-bond donors (Lipinski definition) is 2. The van der Waals surface area contributed by atoms with Crippen LogP contribution in [0.15, 0.2) is 70.6 Å². The van der Waals surface area contributed by atoms with E-state index in [0.29, 0.717) is 0 Å². The molecule has 0 aliphatic carbocycles. The molecule has 120 valence electrons. The molecule has 6 nitrogen and oxygen atoms in total. The zero-order chi connectivity index (χ0) is 16.8. The van der Waals surface area contributed by atoms with E-state index in [1.54, 1.807) is 6.21 Å². The van der Waals surface area contributed by atoms with E-state index in [0.717, 1.165) is 11.1 Å². The average Bonchev–Trinajstić information content (AvgIpc) is 2.63. The summed E-state index contributed by atoms with van der Waals surface area (Å²) in [5, 5.41) is 12.0. The van der Waals surface area contributed by atoms with Crippen molar-refractivity contribution in [3.8, 4) is 11.3 Å². The summed E-state index contributed by atoms with van der Waals surface area (Å²) in [4.78, 5) is 14.7. The van der Waals surface area contributed by atoms with Gasteiger partial charge >= 0.3 is 0 Å². The number of aromatic nitrogens is 3. The first-order chi connectivity index (χ1) is 11.7. The highest BCUT2D eigenvalue weighted by Gasteiger charge is 2.06. The average molecular weight is 319 g/mol. The Bertz CT molecular complexity index is 875. The van der Waals surface area contributed by atoms with Crippen LogP contribution in [0.1, 0.15) is 18.4 Å². The third-order valence-electron chi connectivity index (χ3n) is 3.54. The zero-order valence-electron chi connectivity index (χ0n) is 13.2. The van der Waals surface area contributed by atoms with E-state index in [2.05, 4.69) is 25.7 Å². The molecule has 0 fully saturated rings. The lowest BCUT2D eigenvalue weighted by Gasteiger charge is -2.05. The minimum absolute atomic E-state index is 0.141. The van der Waals surface area contributed by atoms with Crippen LogP contribution in [0.4, 0.5) is 5.95 Å². The summed E-state index contributed by atoms with van der Waals surface area (Å²) in [7, 11) is 0. The zero-order valence-corrected chi connectivity index (χ0v) is 13.2. The van der Waals surface area contributed by atoms with Gasteiger partial charge in [-0.2, -0.15) is 5.10 Å². The maximum Gasteiger partial charge on any atom is 0.279 e. The molecule has 1 heterocycles. The van der Waals surface area contributed by atoms with Crippen molar-refractivity contribution in [1.82, 2.24) is 15.2 Å². The van der Waals surface area contributed by atoms with Crippen molar-refractivity contribution in [3.05, 3.63) is 76.6 Å². The lowest BCUT2D eigenvalue weighted by molar-refractivity contribution is 0.943. The minimum Gasteiger partial charge on any atom is -0.288 e. The maximum atomic E-state index is 12.1. The first-order valence-electron chi connectivity index (χ1n) is 7.60. The van der Waals surface area contributed by atoms with Crippen LogP contribution in [0.25, 0.3) is 11.3 Å². The number of anilines is 1. The molecule has 2 N–H and O–H groups in total. The number of rotatable bonds is 5. The molecular weight excluding hydrogens is 302 g/mol. The van der Waals surface area contributed by atoms with Crippen molar-refractivity contribution in [1.29, 1.82) is 0 Å². The molecule has 3 rings (SSSR count). The summed E-state index contributed by atoms with van der Waals surface area (Å²) in [6.45, 7) is 2.04. The number of benzene rings is 2. The third-order valence-corrected chi connectivity index (χ3v) is 3.54. The molecule has 2 aromatic carbocycles. The molecule has 3 aromatic rings. The molecular formula is C18H17N5O. The van der Waals surface area contributed by atoms with E-state index in [4.69, 9.17) is 0 Å². The molecule has 0 spiro atoms. The highest BCUT2D eigenvalue weighted by atomic mass is 16.1. The second-order valence-corrected chi connectivity index (χ2v) is 5.31. The Hall–Kier alpha value is -3.28. The summed E-state index contributed by atoms with van der Waals surface area (Å²) in [5.74, 6) is 0.346. The van der Waals surface area contributed by atoms with Crippen molar-refractivity contribution in [3.63, 3.8) is 0 Å². The van der Waals surface area contributed by atoms with Crippen molar-refractivity contribution in [2.24, 2.45) is 5.10 Å². The SMILES string of the molecule is C[C@H](/C=N\Nc1nnc(-c2ccccc2)c(=O)[nH]1)c1ccccc1. The van der Waals surface area contributed by atoms with Crippen molar-refractivity contribution in [2.45, 2.75) is 12.8 Å². The number of hydrazone groups is 1. The van der Waals surface area contributed by atoms with Crippen molar-refractivity contribution < 1.29 is 0 Å². The maximum absolute atomic E-state index is 12.1. The van der Waals surface area contributed by atoms with Crippen LogP contribution in [-0.2, 0) is 0 Å². The second-order valence-electron chi connectivity index (χ2n) is 5.31. The van der Waals surface area contributed by atoms with Gasteiger partial charge in [0, 0.05) is 17.7 Å². The predicted molar refractivity (Wildman–Crippen MR) is 95.1 cm³/mol. The minimum atomic E-state index is -0.315. The molecule has 0 aliphatic heterocycles. The van der Waals surface area contributed by atoms with Gasteiger partial charge in [0.25, 0.3) is 5.56 Å². The fourth-order valence-electron chi connectivity index (χ4n) is 2.23. The van der Waals surface area contributed by atoms with Gasteiger partial charge in [0.15, 0.2) is 5.69 Å². The Labute approximate surface area is 139 Å². The Kier molecular flexibility index (Phi) is 4.76. The van der Waals surface area contributed by atoms with E-state index in [1.807, 2.05) is 67.6 Å². The van der Waals surface area contributed by atoms with Crippen LogP contribution in [0.2, 0.25) is 0 Å². The number of H-pyrrole nitrogens is 1. The molecule has 0 unspecified atom stereocenters. The quantitative estimate of drug-likeness (QED) is 0.559. The summed E-state index contributed by atoms with van der Waals surface area (Å²) < 4.78 is 0. The molecule has 1 aromatic heterocycles. The van der Waals surface area contributed by atoms with Gasteiger partial charge in [0.05, 0.1) is 0 Å².